The van der Waals surface area contributed by atoms with Gasteiger partial charge in [0, 0.05) is 0 Å². The van der Waals surface area contributed by atoms with E-state index in [4.69, 9.17) is 4.74 Å². The Bertz CT molecular complexity index is 429. The normalized spacial score (nSPS) is 16.7. The van der Waals surface area contributed by atoms with E-state index >= 15 is 0 Å². The van der Waals surface area contributed by atoms with E-state index in [1.54, 1.807) is 13.2 Å². The van der Waals surface area contributed by atoms with Gasteiger partial charge < -0.3 is 4.74 Å². The molecule has 0 atom stereocenters. The number of aryl methyl sites for hydroxylation is 1. The fourth-order valence-corrected chi connectivity index (χ4v) is 1.84. The van der Waals surface area contributed by atoms with Crippen molar-refractivity contribution in [2.75, 3.05) is 7.11 Å². The van der Waals surface area contributed by atoms with E-state index in [0.717, 1.165) is 29.7 Å². The van der Waals surface area contributed by atoms with Crippen molar-refractivity contribution in [3.8, 4) is 5.75 Å². The molecule has 1 aliphatic carbocycles. The van der Waals surface area contributed by atoms with E-state index in [-0.39, 0.29) is 5.54 Å². The van der Waals surface area contributed by atoms with Crippen molar-refractivity contribution in [3.05, 3.63) is 29.3 Å². The smallest absolute Gasteiger partial charge is 0.235 e. The SMILES string of the molecule is COc1ccc(C2(N=C=O)CC2)cc1C. The third-order valence-corrected chi connectivity index (χ3v) is 2.92. The molecule has 1 saturated carbocycles. The second-order valence-electron chi connectivity index (χ2n) is 3.92. The molecule has 0 aromatic heterocycles. The Morgan fingerprint density at radius 3 is 2.67 bits per heavy atom. The van der Waals surface area contributed by atoms with Crippen LogP contribution in [0.2, 0.25) is 0 Å². The first-order valence-corrected chi connectivity index (χ1v) is 4.96. The van der Waals surface area contributed by atoms with Crippen molar-refractivity contribution in [1.29, 1.82) is 0 Å². The molecular weight excluding hydrogens is 190 g/mol. The molecule has 0 amide bonds. The minimum atomic E-state index is -0.279. The van der Waals surface area contributed by atoms with Gasteiger partial charge in [0.25, 0.3) is 0 Å². The topological polar surface area (TPSA) is 38.7 Å². The van der Waals surface area contributed by atoms with Crippen molar-refractivity contribution in [2.45, 2.75) is 25.3 Å². The zero-order valence-corrected chi connectivity index (χ0v) is 8.91. The van der Waals surface area contributed by atoms with Crippen LogP contribution >= 0.6 is 0 Å². The van der Waals surface area contributed by atoms with Crippen LogP contribution in [0.1, 0.15) is 24.0 Å². The summed E-state index contributed by atoms with van der Waals surface area (Å²) in [6, 6.07) is 5.93. The standard InChI is InChI=1S/C12H13NO2/c1-9-7-10(3-4-11(9)15-2)12(5-6-12)13-8-14/h3-4,7H,5-6H2,1-2H3. The minimum Gasteiger partial charge on any atom is -0.496 e. The summed E-state index contributed by atoms with van der Waals surface area (Å²) >= 11 is 0. The third kappa shape index (κ3) is 1.66. The first-order valence-electron chi connectivity index (χ1n) is 4.96. The Hall–Kier alpha value is -1.60. The van der Waals surface area contributed by atoms with Crippen LogP contribution in [-0.2, 0) is 10.3 Å². The lowest BCUT2D eigenvalue weighted by Crippen LogP contribution is -2.02. The Balaban J connectivity index is 2.38. The Kier molecular flexibility index (Phi) is 2.33. The highest BCUT2D eigenvalue weighted by Crippen LogP contribution is 2.49. The van der Waals surface area contributed by atoms with Crippen LogP contribution in [0.4, 0.5) is 0 Å². The maximum absolute atomic E-state index is 10.3. The molecule has 0 radical (unpaired) electrons. The zero-order chi connectivity index (χ0) is 10.9. The van der Waals surface area contributed by atoms with Crippen molar-refractivity contribution >= 4 is 6.08 Å². The van der Waals surface area contributed by atoms with Crippen LogP contribution in [-0.4, -0.2) is 13.2 Å². The highest BCUT2D eigenvalue weighted by Gasteiger charge is 2.44. The molecule has 0 spiro atoms. The number of ether oxygens (including phenoxy) is 1. The number of aliphatic imine (C=N–C) groups is 1. The van der Waals surface area contributed by atoms with Crippen LogP contribution in [0.3, 0.4) is 0 Å². The lowest BCUT2D eigenvalue weighted by Gasteiger charge is -2.11. The van der Waals surface area contributed by atoms with Gasteiger partial charge in [-0.2, -0.15) is 4.99 Å². The number of methoxy groups -OCH3 is 1. The van der Waals surface area contributed by atoms with E-state index in [0.29, 0.717) is 0 Å². The molecule has 0 unspecified atom stereocenters. The van der Waals surface area contributed by atoms with Gasteiger partial charge in [0.2, 0.25) is 6.08 Å². The number of hydrogen-bond donors (Lipinski definition) is 0. The van der Waals surface area contributed by atoms with Crippen molar-refractivity contribution in [2.24, 2.45) is 4.99 Å². The van der Waals surface area contributed by atoms with E-state index in [1.165, 1.54) is 0 Å². The van der Waals surface area contributed by atoms with Gasteiger partial charge in [-0.25, -0.2) is 4.79 Å². The molecule has 1 aromatic rings. The number of carbonyl (C=O) groups excluding carboxylic acids is 1. The number of benzene rings is 1. The van der Waals surface area contributed by atoms with Gasteiger partial charge >= 0.3 is 0 Å². The molecule has 0 aliphatic heterocycles. The van der Waals surface area contributed by atoms with E-state index in [1.807, 2.05) is 25.1 Å². The van der Waals surface area contributed by atoms with Crippen LogP contribution in [0, 0.1) is 6.92 Å². The molecule has 3 heteroatoms. The van der Waals surface area contributed by atoms with E-state index < -0.39 is 0 Å². The summed E-state index contributed by atoms with van der Waals surface area (Å²) < 4.78 is 5.19. The van der Waals surface area contributed by atoms with Gasteiger partial charge in [0.1, 0.15) is 5.75 Å². The first kappa shape index (κ1) is 9.94. The summed E-state index contributed by atoms with van der Waals surface area (Å²) in [6.45, 7) is 1.99. The monoisotopic (exact) mass is 203 g/mol. The summed E-state index contributed by atoms with van der Waals surface area (Å²) in [5.74, 6) is 0.865. The van der Waals surface area contributed by atoms with Crippen molar-refractivity contribution < 1.29 is 9.53 Å². The summed E-state index contributed by atoms with van der Waals surface area (Å²) in [4.78, 5) is 14.2. The molecule has 78 valence electrons. The second kappa shape index (κ2) is 3.52. The lowest BCUT2D eigenvalue weighted by molar-refractivity contribution is 0.411. The second-order valence-corrected chi connectivity index (χ2v) is 3.92. The fourth-order valence-electron chi connectivity index (χ4n) is 1.84. The molecule has 3 nitrogen and oxygen atoms in total. The molecule has 0 bridgehead atoms. The Morgan fingerprint density at radius 1 is 1.47 bits per heavy atom. The van der Waals surface area contributed by atoms with Crippen LogP contribution in [0.15, 0.2) is 23.2 Å². The van der Waals surface area contributed by atoms with Crippen LogP contribution in [0.25, 0.3) is 0 Å². The summed E-state index contributed by atoms with van der Waals surface area (Å²) in [6.07, 6.45) is 3.54. The largest absolute Gasteiger partial charge is 0.496 e. The number of hydrogen-bond acceptors (Lipinski definition) is 3. The van der Waals surface area contributed by atoms with Gasteiger partial charge in [-0.3, -0.25) is 0 Å². The van der Waals surface area contributed by atoms with Gasteiger partial charge in [-0.05, 0) is 43.0 Å². The van der Waals surface area contributed by atoms with Gasteiger partial charge in [-0.15, -0.1) is 0 Å². The average Bonchev–Trinajstić information content (AvgIpc) is 2.99. The van der Waals surface area contributed by atoms with Gasteiger partial charge in [0.05, 0.1) is 12.6 Å². The number of rotatable bonds is 3. The van der Waals surface area contributed by atoms with Crippen molar-refractivity contribution in [3.63, 3.8) is 0 Å². The molecule has 1 aromatic carbocycles. The maximum atomic E-state index is 10.3. The summed E-state index contributed by atoms with van der Waals surface area (Å²) in [5, 5.41) is 0. The molecule has 0 N–H and O–H groups in total. The predicted molar refractivity (Wildman–Crippen MR) is 56.8 cm³/mol. The molecule has 0 heterocycles. The lowest BCUT2D eigenvalue weighted by atomic mass is 10.0. The van der Waals surface area contributed by atoms with E-state index in [2.05, 4.69) is 4.99 Å². The van der Waals surface area contributed by atoms with Gasteiger partial charge in [-0.1, -0.05) is 6.07 Å². The molecule has 1 aliphatic rings. The number of isocyanates is 1. The Labute approximate surface area is 88.8 Å². The molecular formula is C12H13NO2. The third-order valence-electron chi connectivity index (χ3n) is 2.92. The average molecular weight is 203 g/mol. The highest BCUT2D eigenvalue weighted by atomic mass is 16.5. The van der Waals surface area contributed by atoms with Crippen LogP contribution in [0.5, 0.6) is 5.75 Å². The maximum Gasteiger partial charge on any atom is 0.235 e. The molecule has 2 rings (SSSR count). The van der Waals surface area contributed by atoms with Crippen molar-refractivity contribution in [1.82, 2.24) is 0 Å². The summed E-state index contributed by atoms with van der Waals surface area (Å²) in [5.41, 5.74) is 1.88. The fraction of sp³-hybridized carbons (Fsp3) is 0.417. The number of nitrogens with zero attached hydrogens (tertiary/aromatic N) is 1. The highest BCUT2D eigenvalue weighted by molar-refractivity contribution is 5.45. The first-order chi connectivity index (χ1) is 7.22. The predicted octanol–water partition coefficient (Wildman–Crippen LogP) is 2.33. The molecule has 0 saturated heterocycles. The Morgan fingerprint density at radius 2 is 2.20 bits per heavy atom. The van der Waals surface area contributed by atoms with Crippen LogP contribution < -0.4 is 4.74 Å². The minimum absolute atomic E-state index is 0.279. The molecule has 1 fully saturated rings. The molecule has 15 heavy (non-hydrogen) atoms. The quantitative estimate of drug-likeness (QED) is 0.558. The zero-order valence-electron chi connectivity index (χ0n) is 8.91. The van der Waals surface area contributed by atoms with Gasteiger partial charge in [0.15, 0.2) is 0 Å². The van der Waals surface area contributed by atoms with E-state index in [9.17, 15) is 4.79 Å². The summed E-state index contributed by atoms with van der Waals surface area (Å²) in [7, 11) is 1.65.